The molecule has 0 amide bonds. The standard InChI is InChI=1S/C13H24O3/c1-7-12(4,5)11(16)13(6,8-2)9(3)10(14)15/h9H,7-8H2,1-6H3,(H,14,15). The molecular weight excluding hydrogens is 204 g/mol. The molecule has 0 radical (unpaired) electrons. The molecule has 0 aliphatic carbocycles. The molecule has 2 atom stereocenters. The minimum Gasteiger partial charge on any atom is -0.481 e. The van der Waals surface area contributed by atoms with E-state index in [0.717, 1.165) is 6.42 Å². The number of Topliss-reactive ketones (excluding diaryl/α,β-unsaturated/α-hetero) is 1. The van der Waals surface area contributed by atoms with Crippen molar-refractivity contribution in [3.05, 3.63) is 0 Å². The van der Waals surface area contributed by atoms with E-state index in [-0.39, 0.29) is 5.78 Å². The smallest absolute Gasteiger partial charge is 0.307 e. The van der Waals surface area contributed by atoms with Gasteiger partial charge < -0.3 is 5.11 Å². The summed E-state index contributed by atoms with van der Waals surface area (Å²) in [5.74, 6) is -1.49. The van der Waals surface area contributed by atoms with E-state index >= 15 is 0 Å². The molecule has 0 heterocycles. The van der Waals surface area contributed by atoms with E-state index in [1.54, 1.807) is 13.8 Å². The van der Waals surface area contributed by atoms with Crippen molar-refractivity contribution in [2.75, 3.05) is 0 Å². The summed E-state index contributed by atoms with van der Waals surface area (Å²) < 4.78 is 0. The van der Waals surface area contributed by atoms with E-state index < -0.39 is 22.7 Å². The SMILES string of the molecule is CCC(C)(C)C(=O)C(C)(CC)C(C)C(=O)O. The van der Waals surface area contributed by atoms with Crippen molar-refractivity contribution in [2.24, 2.45) is 16.7 Å². The van der Waals surface area contributed by atoms with Gasteiger partial charge in [-0.3, -0.25) is 9.59 Å². The normalized spacial score (nSPS) is 17.6. The number of ketones is 1. The van der Waals surface area contributed by atoms with Gasteiger partial charge in [-0.25, -0.2) is 0 Å². The first-order valence-electron chi connectivity index (χ1n) is 5.91. The number of rotatable bonds is 6. The van der Waals surface area contributed by atoms with Gasteiger partial charge in [0, 0.05) is 10.8 Å². The van der Waals surface area contributed by atoms with Crippen molar-refractivity contribution in [3.8, 4) is 0 Å². The Kier molecular flexibility index (Phi) is 4.71. The Labute approximate surface area is 98.2 Å². The van der Waals surface area contributed by atoms with Crippen molar-refractivity contribution in [1.29, 1.82) is 0 Å². The number of aliphatic carboxylic acids is 1. The summed E-state index contributed by atoms with van der Waals surface area (Å²) in [4.78, 5) is 23.5. The van der Waals surface area contributed by atoms with Gasteiger partial charge in [0.25, 0.3) is 0 Å². The van der Waals surface area contributed by atoms with Crippen LogP contribution in [0.2, 0.25) is 0 Å². The molecule has 2 unspecified atom stereocenters. The van der Waals surface area contributed by atoms with Gasteiger partial charge in [0.15, 0.2) is 0 Å². The van der Waals surface area contributed by atoms with Crippen LogP contribution in [0.4, 0.5) is 0 Å². The monoisotopic (exact) mass is 228 g/mol. The molecule has 0 aliphatic rings. The number of carbonyl (C=O) groups excluding carboxylic acids is 1. The zero-order valence-electron chi connectivity index (χ0n) is 11.3. The van der Waals surface area contributed by atoms with E-state index in [4.69, 9.17) is 5.11 Å². The molecule has 0 aromatic heterocycles. The van der Waals surface area contributed by atoms with Crippen LogP contribution in [0.5, 0.6) is 0 Å². The van der Waals surface area contributed by atoms with Crippen LogP contribution in [0.3, 0.4) is 0 Å². The zero-order valence-corrected chi connectivity index (χ0v) is 11.3. The molecule has 0 bridgehead atoms. The maximum Gasteiger partial charge on any atom is 0.307 e. The Hall–Kier alpha value is -0.860. The zero-order chi connectivity index (χ0) is 13.1. The van der Waals surface area contributed by atoms with E-state index in [9.17, 15) is 9.59 Å². The Balaban J connectivity index is 5.27. The van der Waals surface area contributed by atoms with Crippen LogP contribution in [0.15, 0.2) is 0 Å². The third-order valence-corrected chi connectivity index (χ3v) is 4.08. The lowest BCUT2D eigenvalue weighted by Crippen LogP contribution is -2.44. The van der Waals surface area contributed by atoms with Gasteiger partial charge in [-0.1, -0.05) is 41.5 Å². The highest BCUT2D eigenvalue weighted by Gasteiger charge is 2.46. The molecule has 0 spiro atoms. The largest absolute Gasteiger partial charge is 0.481 e. The fourth-order valence-corrected chi connectivity index (χ4v) is 1.87. The minimum absolute atomic E-state index is 0.0555. The van der Waals surface area contributed by atoms with Gasteiger partial charge in [0.05, 0.1) is 5.92 Å². The first-order valence-corrected chi connectivity index (χ1v) is 5.91. The van der Waals surface area contributed by atoms with Crippen LogP contribution >= 0.6 is 0 Å². The van der Waals surface area contributed by atoms with Crippen LogP contribution in [0.25, 0.3) is 0 Å². The summed E-state index contributed by atoms with van der Waals surface area (Å²) in [5, 5.41) is 9.08. The van der Waals surface area contributed by atoms with E-state index in [1.165, 1.54) is 0 Å². The van der Waals surface area contributed by atoms with Gasteiger partial charge >= 0.3 is 5.97 Å². The van der Waals surface area contributed by atoms with Gasteiger partial charge in [-0.2, -0.15) is 0 Å². The minimum atomic E-state index is -0.899. The molecule has 1 N–H and O–H groups in total. The van der Waals surface area contributed by atoms with E-state index in [0.29, 0.717) is 6.42 Å². The molecule has 3 nitrogen and oxygen atoms in total. The molecule has 0 fully saturated rings. The quantitative estimate of drug-likeness (QED) is 0.760. The number of carboxylic acid groups (broad SMARTS) is 1. The Morgan fingerprint density at radius 1 is 1.12 bits per heavy atom. The predicted octanol–water partition coefficient (Wildman–Crippen LogP) is 3.13. The second kappa shape index (κ2) is 4.98. The number of hydrogen-bond donors (Lipinski definition) is 1. The second-order valence-electron chi connectivity index (χ2n) is 5.40. The molecule has 0 aromatic rings. The Morgan fingerprint density at radius 3 is 1.81 bits per heavy atom. The highest BCUT2D eigenvalue weighted by molar-refractivity contribution is 5.93. The molecule has 94 valence electrons. The van der Waals surface area contributed by atoms with Crippen molar-refractivity contribution >= 4 is 11.8 Å². The summed E-state index contributed by atoms with van der Waals surface area (Å²) in [7, 11) is 0. The highest BCUT2D eigenvalue weighted by atomic mass is 16.4. The van der Waals surface area contributed by atoms with Crippen LogP contribution in [0.1, 0.15) is 54.4 Å². The first kappa shape index (κ1) is 15.1. The molecule has 0 saturated heterocycles. The molecular formula is C13H24O3. The van der Waals surface area contributed by atoms with Gasteiger partial charge in [0.2, 0.25) is 0 Å². The van der Waals surface area contributed by atoms with Crippen molar-refractivity contribution in [2.45, 2.75) is 54.4 Å². The molecule has 3 heteroatoms. The van der Waals surface area contributed by atoms with Crippen LogP contribution < -0.4 is 0 Å². The van der Waals surface area contributed by atoms with Crippen LogP contribution in [-0.4, -0.2) is 16.9 Å². The molecule has 0 aromatic carbocycles. The lowest BCUT2D eigenvalue weighted by Gasteiger charge is -2.37. The maximum atomic E-state index is 12.4. The second-order valence-corrected chi connectivity index (χ2v) is 5.40. The maximum absolute atomic E-state index is 12.4. The summed E-state index contributed by atoms with van der Waals surface area (Å²) in [6.07, 6.45) is 1.29. The van der Waals surface area contributed by atoms with E-state index in [2.05, 4.69) is 0 Å². The summed E-state index contributed by atoms with van der Waals surface area (Å²) in [6.45, 7) is 11.0. The third kappa shape index (κ3) is 2.63. The predicted molar refractivity (Wildman–Crippen MR) is 64.3 cm³/mol. The fraction of sp³-hybridized carbons (Fsp3) is 0.846. The Bertz CT molecular complexity index is 281. The van der Waals surface area contributed by atoms with Crippen molar-refractivity contribution in [1.82, 2.24) is 0 Å². The van der Waals surface area contributed by atoms with Crippen LogP contribution in [0, 0.1) is 16.7 Å². The lowest BCUT2D eigenvalue weighted by atomic mass is 9.64. The number of hydrogen-bond acceptors (Lipinski definition) is 2. The first-order chi connectivity index (χ1) is 7.13. The van der Waals surface area contributed by atoms with Gasteiger partial charge in [0.1, 0.15) is 5.78 Å². The third-order valence-electron chi connectivity index (χ3n) is 4.08. The summed E-state index contributed by atoms with van der Waals surface area (Å²) in [5.41, 5.74) is -1.22. The van der Waals surface area contributed by atoms with Crippen molar-refractivity contribution in [3.63, 3.8) is 0 Å². The fourth-order valence-electron chi connectivity index (χ4n) is 1.87. The molecule has 0 saturated carbocycles. The van der Waals surface area contributed by atoms with Crippen LogP contribution in [-0.2, 0) is 9.59 Å². The summed E-state index contributed by atoms with van der Waals surface area (Å²) in [6, 6.07) is 0. The van der Waals surface area contributed by atoms with Crippen molar-refractivity contribution < 1.29 is 14.7 Å². The van der Waals surface area contributed by atoms with Gasteiger partial charge in [-0.05, 0) is 12.8 Å². The Morgan fingerprint density at radius 2 is 1.56 bits per heavy atom. The number of carbonyl (C=O) groups is 2. The number of carboxylic acids is 1. The highest BCUT2D eigenvalue weighted by Crippen LogP contribution is 2.40. The van der Waals surface area contributed by atoms with Gasteiger partial charge in [-0.15, -0.1) is 0 Å². The molecule has 0 rings (SSSR count). The molecule has 0 aliphatic heterocycles. The van der Waals surface area contributed by atoms with E-state index in [1.807, 2.05) is 27.7 Å². The average molecular weight is 228 g/mol. The average Bonchev–Trinajstić information content (AvgIpc) is 2.25. The molecule has 16 heavy (non-hydrogen) atoms. The topological polar surface area (TPSA) is 54.4 Å². The summed E-state index contributed by atoms with van der Waals surface area (Å²) >= 11 is 0. The lowest BCUT2D eigenvalue weighted by molar-refractivity contribution is -0.154.